The van der Waals surface area contributed by atoms with Crippen molar-refractivity contribution in [2.45, 2.75) is 18.6 Å². The number of imide groups is 1. The van der Waals surface area contributed by atoms with Crippen LogP contribution in [-0.2, 0) is 16.1 Å². The van der Waals surface area contributed by atoms with Crippen LogP contribution in [0.2, 0.25) is 5.02 Å². The summed E-state index contributed by atoms with van der Waals surface area (Å²) in [5, 5.41) is 13.7. The molecule has 2 aromatic carbocycles. The summed E-state index contributed by atoms with van der Waals surface area (Å²) in [5.74, 6) is -0.919. The number of anilines is 1. The molecule has 0 N–H and O–H groups in total. The Kier molecular flexibility index (Phi) is 4.28. The molecule has 2 amide bonds. The fourth-order valence-corrected chi connectivity index (χ4v) is 3.50. The van der Waals surface area contributed by atoms with Crippen LogP contribution >= 0.6 is 11.6 Å². The first-order chi connectivity index (χ1) is 14.5. The quantitative estimate of drug-likeness (QED) is 0.594. The van der Waals surface area contributed by atoms with Crippen LogP contribution in [0.1, 0.15) is 5.89 Å². The molecule has 9 nitrogen and oxygen atoms in total. The van der Waals surface area contributed by atoms with Crippen LogP contribution < -0.4 is 4.90 Å². The third-order valence-corrected chi connectivity index (χ3v) is 5.06. The number of nitrogens with zero attached hydrogens (tertiary/aromatic N) is 6. The first-order valence-corrected chi connectivity index (χ1v) is 9.28. The fraction of sp³-hybridized carbons (Fsp3) is 0.158. The van der Waals surface area contributed by atoms with Gasteiger partial charge in [0.05, 0.1) is 5.69 Å². The first-order valence-electron chi connectivity index (χ1n) is 8.90. The molecule has 0 radical (unpaired) electrons. The monoisotopic (exact) mass is 426 g/mol. The lowest BCUT2D eigenvalue weighted by Crippen LogP contribution is -2.39. The molecular formula is C19H12ClFN6O3. The zero-order valence-corrected chi connectivity index (χ0v) is 15.9. The van der Waals surface area contributed by atoms with E-state index in [1.165, 1.54) is 29.3 Å². The van der Waals surface area contributed by atoms with E-state index in [2.05, 4.69) is 20.5 Å². The van der Waals surface area contributed by atoms with Crippen LogP contribution in [0.4, 0.5) is 10.1 Å². The molecule has 3 aromatic rings. The van der Waals surface area contributed by atoms with Crippen molar-refractivity contribution in [1.29, 1.82) is 0 Å². The molecule has 1 aromatic heterocycles. The Balaban J connectivity index is 1.36. The summed E-state index contributed by atoms with van der Waals surface area (Å²) >= 11 is 5.88. The Hall–Kier alpha value is -3.66. The van der Waals surface area contributed by atoms with E-state index >= 15 is 0 Å². The van der Waals surface area contributed by atoms with Gasteiger partial charge >= 0.3 is 0 Å². The smallest absolute Gasteiger partial charge is 0.263 e. The van der Waals surface area contributed by atoms with Gasteiger partial charge in [-0.1, -0.05) is 22.0 Å². The summed E-state index contributed by atoms with van der Waals surface area (Å²) in [6.07, 6.45) is 0. The molecule has 1 fully saturated rings. The van der Waals surface area contributed by atoms with Gasteiger partial charge in [0.1, 0.15) is 12.4 Å². The second kappa shape index (κ2) is 6.99. The van der Waals surface area contributed by atoms with Gasteiger partial charge in [-0.25, -0.2) is 9.29 Å². The van der Waals surface area contributed by atoms with E-state index in [1.54, 1.807) is 24.3 Å². The maximum absolute atomic E-state index is 13.2. The SMILES string of the molecule is O=C1[C@H]2N=NN(Cc3nc(-c4ccc(Cl)cc4)no3)[C@H]2C(=O)N1c1ccc(F)cc1. The van der Waals surface area contributed by atoms with E-state index in [9.17, 15) is 14.0 Å². The molecule has 0 aliphatic carbocycles. The summed E-state index contributed by atoms with van der Waals surface area (Å²) < 4.78 is 18.4. The van der Waals surface area contributed by atoms with Crippen LogP contribution in [0, 0.1) is 5.82 Å². The minimum absolute atomic E-state index is 0.00152. The third kappa shape index (κ3) is 3.01. The first kappa shape index (κ1) is 18.4. The van der Waals surface area contributed by atoms with E-state index in [0.29, 0.717) is 16.4 Å². The topological polar surface area (TPSA) is 104 Å². The maximum atomic E-state index is 13.2. The zero-order valence-electron chi connectivity index (χ0n) is 15.1. The highest BCUT2D eigenvalue weighted by molar-refractivity contribution is 6.30. The van der Waals surface area contributed by atoms with Crippen molar-refractivity contribution in [2.75, 3.05) is 4.90 Å². The standard InChI is InChI=1S/C19H12ClFN6O3/c20-11-3-1-10(2-4-11)17-22-14(30-24-17)9-26-16-15(23-25-26)18(28)27(19(16)29)13-7-5-12(21)6-8-13/h1-8,15-16H,9H2/t15-,16+/m0/s1. The minimum atomic E-state index is -0.971. The van der Waals surface area contributed by atoms with Crippen molar-refractivity contribution < 1.29 is 18.5 Å². The normalized spacial score (nSPS) is 20.3. The number of amides is 2. The average Bonchev–Trinajstić information content (AvgIpc) is 3.43. The molecule has 2 atom stereocenters. The van der Waals surface area contributed by atoms with Crippen LogP contribution in [0.3, 0.4) is 0 Å². The summed E-state index contributed by atoms with van der Waals surface area (Å²) in [6, 6.07) is 10.1. The lowest BCUT2D eigenvalue weighted by atomic mass is 10.1. The highest BCUT2D eigenvalue weighted by atomic mass is 35.5. The van der Waals surface area contributed by atoms with Crippen molar-refractivity contribution in [2.24, 2.45) is 10.3 Å². The number of fused-ring (bicyclic) bond motifs is 1. The molecule has 0 spiro atoms. The molecule has 30 heavy (non-hydrogen) atoms. The molecule has 1 saturated heterocycles. The van der Waals surface area contributed by atoms with E-state index in [-0.39, 0.29) is 18.1 Å². The van der Waals surface area contributed by atoms with E-state index in [0.717, 1.165) is 4.90 Å². The number of hydrogen-bond acceptors (Lipinski definition) is 8. The highest BCUT2D eigenvalue weighted by Gasteiger charge is 2.55. The fourth-order valence-electron chi connectivity index (χ4n) is 3.37. The van der Waals surface area contributed by atoms with Crippen molar-refractivity contribution in [1.82, 2.24) is 15.1 Å². The van der Waals surface area contributed by atoms with Gasteiger partial charge in [0, 0.05) is 10.6 Å². The molecule has 150 valence electrons. The second-order valence-corrected chi connectivity index (χ2v) is 7.14. The number of carbonyl (C=O) groups excluding carboxylic acids is 2. The molecule has 0 unspecified atom stereocenters. The number of carbonyl (C=O) groups is 2. The van der Waals surface area contributed by atoms with Crippen molar-refractivity contribution in [3.8, 4) is 11.4 Å². The van der Waals surface area contributed by atoms with Crippen LogP contribution in [-0.4, -0.2) is 39.0 Å². The zero-order chi connectivity index (χ0) is 20.8. The predicted molar refractivity (Wildman–Crippen MR) is 102 cm³/mol. The Labute approximate surface area is 173 Å². The van der Waals surface area contributed by atoms with Crippen molar-refractivity contribution >= 4 is 29.1 Å². The van der Waals surface area contributed by atoms with Crippen LogP contribution in [0.15, 0.2) is 63.4 Å². The molecule has 0 saturated carbocycles. The van der Waals surface area contributed by atoms with Crippen molar-refractivity contribution in [3.63, 3.8) is 0 Å². The van der Waals surface area contributed by atoms with Crippen LogP contribution in [0.5, 0.6) is 0 Å². The molecular weight excluding hydrogens is 415 g/mol. The molecule has 5 rings (SSSR count). The van der Waals surface area contributed by atoms with E-state index < -0.39 is 29.7 Å². The van der Waals surface area contributed by atoms with Crippen molar-refractivity contribution in [3.05, 3.63) is 65.3 Å². The lowest BCUT2D eigenvalue weighted by Gasteiger charge is -2.19. The van der Waals surface area contributed by atoms with Gasteiger partial charge in [-0.3, -0.25) is 14.6 Å². The number of rotatable bonds is 4. The third-order valence-electron chi connectivity index (χ3n) is 4.81. The molecule has 2 aliphatic rings. The summed E-state index contributed by atoms with van der Waals surface area (Å²) in [4.78, 5) is 30.9. The minimum Gasteiger partial charge on any atom is -0.337 e. The predicted octanol–water partition coefficient (Wildman–Crippen LogP) is 3.02. The summed E-state index contributed by atoms with van der Waals surface area (Å²) in [7, 11) is 0. The second-order valence-electron chi connectivity index (χ2n) is 6.70. The molecule has 11 heteroatoms. The highest BCUT2D eigenvalue weighted by Crippen LogP contribution is 2.32. The Morgan fingerprint density at radius 3 is 2.50 bits per heavy atom. The number of aromatic nitrogens is 2. The molecule has 0 bridgehead atoms. The summed E-state index contributed by atoms with van der Waals surface area (Å²) in [5.41, 5.74) is 0.990. The number of halogens is 2. The molecule has 3 heterocycles. The van der Waals surface area contributed by atoms with Gasteiger partial charge in [0.15, 0.2) is 12.1 Å². The number of benzene rings is 2. The van der Waals surface area contributed by atoms with Gasteiger partial charge < -0.3 is 4.52 Å². The Morgan fingerprint density at radius 1 is 1.03 bits per heavy atom. The van der Waals surface area contributed by atoms with E-state index in [1.807, 2.05) is 0 Å². The largest absolute Gasteiger partial charge is 0.337 e. The maximum Gasteiger partial charge on any atom is 0.263 e. The van der Waals surface area contributed by atoms with Gasteiger partial charge in [0.25, 0.3) is 11.8 Å². The number of hydrogen-bond donors (Lipinski definition) is 0. The van der Waals surface area contributed by atoms with Gasteiger partial charge in [-0.2, -0.15) is 10.1 Å². The van der Waals surface area contributed by atoms with Gasteiger partial charge in [0.2, 0.25) is 11.7 Å². The molecule has 2 aliphatic heterocycles. The summed E-state index contributed by atoms with van der Waals surface area (Å²) in [6.45, 7) is 0.00152. The lowest BCUT2D eigenvalue weighted by molar-refractivity contribution is -0.123. The van der Waals surface area contributed by atoms with Gasteiger partial charge in [-0.15, -0.1) is 0 Å². The Morgan fingerprint density at radius 2 is 1.77 bits per heavy atom. The average molecular weight is 427 g/mol. The van der Waals surface area contributed by atoms with E-state index in [4.69, 9.17) is 16.1 Å². The Bertz CT molecular complexity index is 1160. The van der Waals surface area contributed by atoms with Crippen LogP contribution in [0.25, 0.3) is 11.4 Å². The van der Waals surface area contributed by atoms with Gasteiger partial charge in [-0.05, 0) is 48.5 Å².